The average Bonchev–Trinajstić information content (AvgIpc) is 3.12. The maximum atomic E-state index is 11.6. The monoisotopic (exact) mass is 346 g/mol. The summed E-state index contributed by atoms with van der Waals surface area (Å²) < 4.78 is 15.6. The predicted octanol–water partition coefficient (Wildman–Crippen LogP) is 2.46. The molecule has 8 nitrogen and oxygen atoms in total. The van der Waals surface area contributed by atoms with Gasteiger partial charge in [0.05, 0.1) is 13.7 Å². The van der Waals surface area contributed by atoms with Crippen LogP contribution in [0.1, 0.15) is 19.8 Å². The number of aromatic nitrogens is 2. The van der Waals surface area contributed by atoms with Crippen LogP contribution in [0.3, 0.4) is 0 Å². The number of carbonyl (C=O) groups is 1. The van der Waals surface area contributed by atoms with Gasteiger partial charge in [0.1, 0.15) is 5.75 Å². The van der Waals surface area contributed by atoms with Gasteiger partial charge in [-0.3, -0.25) is 0 Å². The molecule has 8 heteroatoms. The molecule has 2 aromatic rings. The Labute approximate surface area is 146 Å². The normalized spacial score (nSPS) is 17.2. The third-order valence-corrected chi connectivity index (χ3v) is 4.03. The molecule has 1 aromatic carbocycles. The molecule has 0 saturated carbocycles. The SMILES string of the molecule is CCOC(=O)NC1CCCN(c2nc(-c3cccc(OC)c3)no2)C1. The Balaban J connectivity index is 1.68. The van der Waals surface area contributed by atoms with Crippen molar-refractivity contribution in [2.24, 2.45) is 0 Å². The molecule has 2 heterocycles. The minimum atomic E-state index is -0.392. The van der Waals surface area contributed by atoms with Crippen molar-refractivity contribution >= 4 is 12.1 Å². The zero-order valence-corrected chi connectivity index (χ0v) is 14.4. The van der Waals surface area contributed by atoms with Crippen LogP contribution in [-0.4, -0.2) is 49.1 Å². The van der Waals surface area contributed by atoms with E-state index in [1.165, 1.54) is 0 Å². The molecule has 3 rings (SSSR count). The van der Waals surface area contributed by atoms with Crippen molar-refractivity contribution in [3.05, 3.63) is 24.3 Å². The molecule has 134 valence electrons. The fourth-order valence-corrected chi connectivity index (χ4v) is 2.83. The van der Waals surface area contributed by atoms with Crippen LogP contribution in [0.2, 0.25) is 0 Å². The summed E-state index contributed by atoms with van der Waals surface area (Å²) in [5.41, 5.74) is 0.826. The van der Waals surface area contributed by atoms with E-state index in [0.717, 1.165) is 30.7 Å². The summed E-state index contributed by atoms with van der Waals surface area (Å²) in [5.74, 6) is 1.25. The van der Waals surface area contributed by atoms with Gasteiger partial charge in [-0.2, -0.15) is 4.98 Å². The van der Waals surface area contributed by atoms with Gasteiger partial charge >= 0.3 is 12.1 Å². The zero-order valence-electron chi connectivity index (χ0n) is 14.4. The fraction of sp³-hybridized carbons (Fsp3) is 0.471. The molecular weight excluding hydrogens is 324 g/mol. The minimum absolute atomic E-state index is 0.0000284. The zero-order chi connectivity index (χ0) is 17.6. The van der Waals surface area contributed by atoms with Crippen molar-refractivity contribution in [2.45, 2.75) is 25.8 Å². The highest BCUT2D eigenvalue weighted by molar-refractivity contribution is 5.67. The molecule has 0 bridgehead atoms. The Morgan fingerprint density at radius 1 is 1.48 bits per heavy atom. The van der Waals surface area contributed by atoms with Crippen LogP contribution in [0.25, 0.3) is 11.4 Å². The fourth-order valence-electron chi connectivity index (χ4n) is 2.83. The Bertz CT molecular complexity index is 718. The molecule has 1 atom stereocenters. The Kier molecular flexibility index (Phi) is 5.37. The lowest BCUT2D eigenvalue weighted by molar-refractivity contribution is 0.146. The van der Waals surface area contributed by atoms with Gasteiger partial charge in [0.15, 0.2) is 0 Å². The first kappa shape index (κ1) is 17.1. The van der Waals surface area contributed by atoms with Crippen molar-refractivity contribution in [3.8, 4) is 17.1 Å². The molecule has 1 aliphatic heterocycles. The third-order valence-electron chi connectivity index (χ3n) is 4.03. The second-order valence-corrected chi connectivity index (χ2v) is 5.78. The molecule has 1 amide bonds. The molecule has 0 radical (unpaired) electrons. The summed E-state index contributed by atoms with van der Waals surface area (Å²) in [7, 11) is 1.62. The van der Waals surface area contributed by atoms with E-state index < -0.39 is 6.09 Å². The summed E-state index contributed by atoms with van der Waals surface area (Å²) in [6, 6.07) is 7.95. The van der Waals surface area contributed by atoms with E-state index >= 15 is 0 Å². The van der Waals surface area contributed by atoms with E-state index in [2.05, 4.69) is 15.5 Å². The number of amides is 1. The number of rotatable bonds is 5. The summed E-state index contributed by atoms with van der Waals surface area (Å²) in [5, 5.41) is 6.92. The van der Waals surface area contributed by atoms with Crippen LogP contribution in [0.4, 0.5) is 10.8 Å². The van der Waals surface area contributed by atoms with E-state index in [0.29, 0.717) is 25.0 Å². The van der Waals surface area contributed by atoms with E-state index in [4.69, 9.17) is 14.0 Å². The lowest BCUT2D eigenvalue weighted by Gasteiger charge is -2.31. The molecule has 1 unspecified atom stereocenters. The van der Waals surface area contributed by atoms with Crippen LogP contribution < -0.4 is 15.0 Å². The van der Waals surface area contributed by atoms with Gasteiger partial charge in [-0.25, -0.2) is 4.79 Å². The van der Waals surface area contributed by atoms with Crippen molar-refractivity contribution in [1.29, 1.82) is 0 Å². The lowest BCUT2D eigenvalue weighted by atomic mass is 10.1. The number of ether oxygens (including phenoxy) is 2. The highest BCUT2D eigenvalue weighted by atomic mass is 16.5. The smallest absolute Gasteiger partial charge is 0.407 e. The van der Waals surface area contributed by atoms with Gasteiger partial charge in [0.25, 0.3) is 0 Å². The lowest BCUT2D eigenvalue weighted by Crippen LogP contribution is -2.48. The van der Waals surface area contributed by atoms with Crippen LogP contribution in [-0.2, 0) is 4.74 Å². The average molecular weight is 346 g/mol. The van der Waals surface area contributed by atoms with Crippen LogP contribution in [0, 0.1) is 0 Å². The van der Waals surface area contributed by atoms with Crippen LogP contribution in [0.15, 0.2) is 28.8 Å². The Morgan fingerprint density at radius 3 is 3.16 bits per heavy atom. The summed E-state index contributed by atoms with van der Waals surface area (Å²) in [6.45, 7) is 3.56. The van der Waals surface area contributed by atoms with Gasteiger partial charge < -0.3 is 24.2 Å². The Hall–Kier alpha value is -2.77. The predicted molar refractivity (Wildman–Crippen MR) is 91.7 cm³/mol. The summed E-state index contributed by atoms with van der Waals surface area (Å²) >= 11 is 0. The maximum absolute atomic E-state index is 11.6. The van der Waals surface area contributed by atoms with Crippen molar-refractivity contribution < 1.29 is 18.8 Å². The molecule has 1 N–H and O–H groups in total. The molecule has 1 aliphatic rings. The first-order valence-corrected chi connectivity index (χ1v) is 8.36. The van der Waals surface area contributed by atoms with Gasteiger partial charge in [-0.1, -0.05) is 17.3 Å². The third kappa shape index (κ3) is 4.20. The van der Waals surface area contributed by atoms with Crippen LogP contribution >= 0.6 is 0 Å². The number of hydrogen-bond acceptors (Lipinski definition) is 7. The van der Waals surface area contributed by atoms with E-state index in [1.54, 1.807) is 14.0 Å². The first-order valence-electron chi connectivity index (χ1n) is 8.36. The van der Waals surface area contributed by atoms with Crippen molar-refractivity contribution in [3.63, 3.8) is 0 Å². The maximum Gasteiger partial charge on any atom is 0.407 e. The van der Waals surface area contributed by atoms with Crippen molar-refractivity contribution in [2.75, 3.05) is 31.7 Å². The standard InChI is InChI=1S/C17H22N4O4/c1-3-24-17(22)18-13-7-5-9-21(11-13)16-19-15(20-25-16)12-6-4-8-14(10-12)23-2/h4,6,8,10,13H,3,5,7,9,11H2,1-2H3,(H,18,22). The number of nitrogens with one attached hydrogen (secondary N) is 1. The molecule has 0 aliphatic carbocycles. The van der Waals surface area contributed by atoms with Gasteiger partial charge in [-0.05, 0) is 31.9 Å². The number of piperidine rings is 1. The number of anilines is 1. The number of nitrogens with zero attached hydrogens (tertiary/aromatic N) is 3. The Morgan fingerprint density at radius 2 is 2.36 bits per heavy atom. The molecule has 25 heavy (non-hydrogen) atoms. The highest BCUT2D eigenvalue weighted by Gasteiger charge is 2.25. The second kappa shape index (κ2) is 7.87. The molecule has 0 spiro atoms. The number of alkyl carbamates (subject to hydrolysis) is 1. The van der Waals surface area contributed by atoms with Gasteiger partial charge in [0, 0.05) is 24.7 Å². The minimum Gasteiger partial charge on any atom is -0.497 e. The molecule has 1 saturated heterocycles. The molecular formula is C17H22N4O4. The van der Waals surface area contributed by atoms with Crippen molar-refractivity contribution in [1.82, 2.24) is 15.5 Å². The molecule has 1 fully saturated rings. The van der Waals surface area contributed by atoms with E-state index in [-0.39, 0.29) is 6.04 Å². The number of hydrogen-bond donors (Lipinski definition) is 1. The second-order valence-electron chi connectivity index (χ2n) is 5.78. The van der Waals surface area contributed by atoms with Gasteiger partial charge in [-0.15, -0.1) is 0 Å². The van der Waals surface area contributed by atoms with E-state index in [1.807, 2.05) is 29.2 Å². The summed E-state index contributed by atoms with van der Waals surface area (Å²) in [4.78, 5) is 18.1. The highest BCUT2D eigenvalue weighted by Crippen LogP contribution is 2.25. The number of benzene rings is 1. The number of carbonyl (C=O) groups excluding carboxylic acids is 1. The van der Waals surface area contributed by atoms with E-state index in [9.17, 15) is 4.79 Å². The van der Waals surface area contributed by atoms with Crippen LogP contribution in [0.5, 0.6) is 5.75 Å². The van der Waals surface area contributed by atoms with Gasteiger partial charge in [0.2, 0.25) is 5.82 Å². The largest absolute Gasteiger partial charge is 0.497 e. The topological polar surface area (TPSA) is 89.7 Å². The molecule has 1 aromatic heterocycles. The quantitative estimate of drug-likeness (QED) is 0.889. The first-order chi connectivity index (χ1) is 12.2. The number of methoxy groups -OCH3 is 1. The summed E-state index contributed by atoms with van der Waals surface area (Å²) in [6.07, 6.45) is 1.43.